The minimum atomic E-state index is -0.144. The van der Waals surface area contributed by atoms with E-state index in [1.807, 2.05) is 42.6 Å². The Balaban J connectivity index is 1.36. The molecule has 5 nitrogen and oxygen atoms in total. The molecular formula is C22H30N4O. The Morgan fingerprint density at radius 3 is 2.59 bits per heavy atom. The van der Waals surface area contributed by atoms with E-state index in [0.29, 0.717) is 12.6 Å². The van der Waals surface area contributed by atoms with Gasteiger partial charge in [-0.3, -0.25) is 4.98 Å². The summed E-state index contributed by atoms with van der Waals surface area (Å²) in [6.45, 7) is 5.46. The summed E-state index contributed by atoms with van der Waals surface area (Å²) in [5, 5.41) is 5.85. The fourth-order valence-electron chi connectivity index (χ4n) is 3.60. The normalized spacial score (nSPS) is 15.9. The molecule has 0 aliphatic carbocycles. The van der Waals surface area contributed by atoms with Crippen LogP contribution in [-0.2, 0) is 0 Å². The molecular weight excluding hydrogens is 336 g/mol. The quantitative estimate of drug-likeness (QED) is 0.708. The third-order valence-corrected chi connectivity index (χ3v) is 5.24. The molecule has 2 aromatic rings. The van der Waals surface area contributed by atoms with Crippen molar-refractivity contribution >= 4 is 11.7 Å². The highest BCUT2D eigenvalue weighted by atomic mass is 16.2. The van der Waals surface area contributed by atoms with Crippen molar-refractivity contribution in [1.82, 2.24) is 15.2 Å². The van der Waals surface area contributed by atoms with Crippen molar-refractivity contribution in [2.24, 2.45) is 0 Å². The number of urea groups is 1. The minimum absolute atomic E-state index is 0.144. The Kier molecular flexibility index (Phi) is 7.22. The van der Waals surface area contributed by atoms with Gasteiger partial charge < -0.3 is 15.5 Å². The number of benzene rings is 1. The third kappa shape index (κ3) is 6.07. The van der Waals surface area contributed by atoms with Crippen LogP contribution in [0.3, 0.4) is 0 Å². The molecule has 2 N–H and O–H groups in total. The van der Waals surface area contributed by atoms with Crippen molar-refractivity contribution in [2.75, 3.05) is 25.0 Å². The number of piperidine rings is 1. The average molecular weight is 367 g/mol. The zero-order chi connectivity index (χ0) is 18.9. The number of nitrogens with one attached hydrogen (secondary N) is 2. The van der Waals surface area contributed by atoms with Crippen molar-refractivity contribution in [1.29, 1.82) is 0 Å². The van der Waals surface area contributed by atoms with Gasteiger partial charge >= 0.3 is 6.03 Å². The van der Waals surface area contributed by atoms with Gasteiger partial charge in [0.15, 0.2) is 0 Å². The SMILES string of the molecule is CC(CCCNC(=O)Nc1ccc(-c2cccnc2)cc1)N1CCCCC1. The van der Waals surface area contributed by atoms with Crippen molar-refractivity contribution in [3.63, 3.8) is 0 Å². The van der Waals surface area contributed by atoms with E-state index in [1.165, 1.54) is 32.4 Å². The van der Waals surface area contributed by atoms with E-state index in [1.54, 1.807) is 6.20 Å². The molecule has 0 spiro atoms. The maximum atomic E-state index is 12.1. The summed E-state index contributed by atoms with van der Waals surface area (Å²) in [4.78, 5) is 18.8. The van der Waals surface area contributed by atoms with Crippen LogP contribution in [-0.4, -0.2) is 41.6 Å². The molecule has 1 aliphatic heterocycles. The second-order valence-corrected chi connectivity index (χ2v) is 7.29. The number of carbonyl (C=O) groups excluding carboxylic acids is 1. The lowest BCUT2D eigenvalue weighted by Crippen LogP contribution is -2.38. The summed E-state index contributed by atoms with van der Waals surface area (Å²) in [5.41, 5.74) is 2.94. The molecule has 144 valence electrons. The predicted molar refractivity (Wildman–Crippen MR) is 111 cm³/mol. The van der Waals surface area contributed by atoms with Gasteiger partial charge in [0.05, 0.1) is 0 Å². The zero-order valence-corrected chi connectivity index (χ0v) is 16.2. The first-order chi connectivity index (χ1) is 13.2. The van der Waals surface area contributed by atoms with Crippen molar-refractivity contribution < 1.29 is 4.79 Å². The highest BCUT2D eigenvalue weighted by Gasteiger charge is 2.16. The van der Waals surface area contributed by atoms with Gasteiger partial charge in [-0.1, -0.05) is 24.6 Å². The number of aromatic nitrogens is 1. The van der Waals surface area contributed by atoms with Crippen molar-refractivity contribution in [3.8, 4) is 11.1 Å². The molecule has 2 heterocycles. The van der Waals surface area contributed by atoms with Crippen LogP contribution in [0.1, 0.15) is 39.0 Å². The summed E-state index contributed by atoms with van der Waals surface area (Å²) in [6, 6.07) is 12.2. The molecule has 0 radical (unpaired) electrons. The summed E-state index contributed by atoms with van der Waals surface area (Å²) in [5.74, 6) is 0. The number of hydrogen-bond acceptors (Lipinski definition) is 3. The molecule has 1 aromatic heterocycles. The minimum Gasteiger partial charge on any atom is -0.338 e. The molecule has 1 unspecified atom stereocenters. The number of pyridine rings is 1. The van der Waals surface area contributed by atoms with Gasteiger partial charge in [0.2, 0.25) is 0 Å². The van der Waals surface area contributed by atoms with Crippen LogP contribution in [0.25, 0.3) is 11.1 Å². The third-order valence-electron chi connectivity index (χ3n) is 5.24. The molecule has 27 heavy (non-hydrogen) atoms. The second-order valence-electron chi connectivity index (χ2n) is 7.29. The Labute approximate surface area is 162 Å². The lowest BCUT2D eigenvalue weighted by atomic mass is 10.1. The fraction of sp³-hybridized carbons (Fsp3) is 0.455. The van der Waals surface area contributed by atoms with Gasteiger partial charge in [-0.15, -0.1) is 0 Å². The van der Waals surface area contributed by atoms with Crippen LogP contribution in [0.2, 0.25) is 0 Å². The number of nitrogens with zero attached hydrogens (tertiary/aromatic N) is 2. The van der Waals surface area contributed by atoms with Gasteiger partial charge in [0, 0.05) is 30.7 Å². The molecule has 0 saturated carbocycles. The van der Waals surface area contributed by atoms with E-state index < -0.39 is 0 Å². The van der Waals surface area contributed by atoms with Crippen LogP contribution in [0.15, 0.2) is 48.8 Å². The maximum absolute atomic E-state index is 12.1. The number of hydrogen-bond donors (Lipinski definition) is 2. The molecule has 5 heteroatoms. The van der Waals surface area contributed by atoms with Gasteiger partial charge in [0.1, 0.15) is 0 Å². The number of amides is 2. The van der Waals surface area contributed by atoms with Crippen molar-refractivity contribution in [2.45, 2.75) is 45.1 Å². The first-order valence-corrected chi connectivity index (χ1v) is 10.0. The van der Waals surface area contributed by atoms with Crippen LogP contribution < -0.4 is 10.6 Å². The Bertz CT molecular complexity index is 696. The summed E-state index contributed by atoms with van der Waals surface area (Å²) < 4.78 is 0. The van der Waals surface area contributed by atoms with Crippen molar-refractivity contribution in [3.05, 3.63) is 48.8 Å². The van der Waals surface area contributed by atoms with Gasteiger partial charge in [-0.2, -0.15) is 0 Å². The first kappa shape index (κ1) is 19.4. The summed E-state index contributed by atoms with van der Waals surface area (Å²) in [7, 11) is 0. The molecule has 1 aromatic carbocycles. The Morgan fingerprint density at radius 1 is 1.11 bits per heavy atom. The number of carbonyl (C=O) groups is 1. The Hall–Kier alpha value is -2.40. The van der Waals surface area contributed by atoms with Gasteiger partial charge in [0.25, 0.3) is 0 Å². The molecule has 2 amide bonds. The second kappa shape index (κ2) is 10.1. The number of anilines is 1. The van der Waals surface area contributed by atoms with E-state index in [-0.39, 0.29) is 6.03 Å². The molecule has 1 saturated heterocycles. The van der Waals surface area contributed by atoms with Crippen LogP contribution in [0, 0.1) is 0 Å². The van der Waals surface area contributed by atoms with Crippen LogP contribution >= 0.6 is 0 Å². The van der Waals surface area contributed by atoms with E-state index in [2.05, 4.69) is 27.4 Å². The standard InChI is InChI=1S/C22H30N4O/c1-18(26-15-3-2-4-16-26)7-5-14-24-22(27)25-21-11-9-19(10-12-21)20-8-6-13-23-17-20/h6,8-13,17-18H,2-5,7,14-16H2,1H3,(H2,24,25,27). The van der Waals surface area contributed by atoms with Crippen LogP contribution in [0.4, 0.5) is 10.5 Å². The molecule has 3 rings (SSSR count). The van der Waals surface area contributed by atoms with E-state index in [0.717, 1.165) is 29.7 Å². The molecule has 1 fully saturated rings. The predicted octanol–water partition coefficient (Wildman–Crippen LogP) is 4.52. The molecule has 1 atom stereocenters. The lowest BCUT2D eigenvalue weighted by molar-refractivity contribution is 0.164. The van der Waals surface area contributed by atoms with E-state index in [4.69, 9.17) is 0 Å². The smallest absolute Gasteiger partial charge is 0.319 e. The van der Waals surface area contributed by atoms with Gasteiger partial charge in [-0.25, -0.2) is 4.79 Å². The maximum Gasteiger partial charge on any atom is 0.319 e. The number of likely N-dealkylation sites (tertiary alicyclic amines) is 1. The zero-order valence-electron chi connectivity index (χ0n) is 16.2. The topological polar surface area (TPSA) is 57.3 Å². The summed E-state index contributed by atoms with van der Waals surface area (Å²) >= 11 is 0. The Morgan fingerprint density at radius 2 is 1.89 bits per heavy atom. The highest BCUT2D eigenvalue weighted by molar-refractivity contribution is 5.89. The average Bonchev–Trinajstić information content (AvgIpc) is 2.73. The number of rotatable bonds is 7. The molecule has 1 aliphatic rings. The van der Waals surface area contributed by atoms with E-state index >= 15 is 0 Å². The fourth-order valence-corrected chi connectivity index (χ4v) is 3.60. The largest absolute Gasteiger partial charge is 0.338 e. The molecule has 0 bridgehead atoms. The first-order valence-electron chi connectivity index (χ1n) is 10.0. The summed E-state index contributed by atoms with van der Waals surface area (Å²) in [6.07, 6.45) is 9.74. The lowest BCUT2D eigenvalue weighted by Gasteiger charge is -2.32. The highest BCUT2D eigenvalue weighted by Crippen LogP contribution is 2.20. The van der Waals surface area contributed by atoms with Crippen LogP contribution in [0.5, 0.6) is 0 Å². The monoisotopic (exact) mass is 366 g/mol. The van der Waals surface area contributed by atoms with Gasteiger partial charge in [-0.05, 0) is 75.0 Å². The van der Waals surface area contributed by atoms with E-state index in [9.17, 15) is 4.79 Å².